The Morgan fingerprint density at radius 2 is 1.42 bits per heavy atom. The quantitative estimate of drug-likeness (QED) is 0.714. The molecule has 24 heavy (non-hydrogen) atoms. The maximum Gasteiger partial charge on any atom is 0.148 e. The summed E-state index contributed by atoms with van der Waals surface area (Å²) in [5.41, 5.74) is 2.45. The molecule has 2 aromatic carbocycles. The van der Waals surface area contributed by atoms with E-state index < -0.39 is 0 Å². The maximum absolute atomic E-state index is 12.9. The van der Waals surface area contributed by atoms with Gasteiger partial charge in [-0.3, -0.25) is 4.79 Å². The van der Waals surface area contributed by atoms with Crippen LogP contribution < -0.4 is 5.32 Å². The van der Waals surface area contributed by atoms with Crippen molar-refractivity contribution in [1.29, 1.82) is 0 Å². The summed E-state index contributed by atoms with van der Waals surface area (Å²) in [6, 6.07) is 17.1. The number of carbonyl (C=O) groups is 1. The fraction of sp³-hybridized carbons (Fsp3) is 0.350. The lowest BCUT2D eigenvalue weighted by Gasteiger charge is -2.36. The highest BCUT2D eigenvalue weighted by atomic mass is 79.9. The zero-order valence-electron chi connectivity index (χ0n) is 13.9. The molecule has 1 aliphatic rings. The molecule has 3 unspecified atom stereocenters. The van der Waals surface area contributed by atoms with Gasteiger partial charge in [-0.2, -0.15) is 0 Å². The molecule has 1 fully saturated rings. The Hall–Kier alpha value is -0.970. The summed E-state index contributed by atoms with van der Waals surface area (Å²) in [7, 11) is 0. The van der Waals surface area contributed by atoms with Gasteiger partial charge in [0.05, 0.1) is 12.3 Å². The van der Waals surface area contributed by atoms with Crippen molar-refractivity contribution in [2.45, 2.75) is 32.4 Å². The summed E-state index contributed by atoms with van der Waals surface area (Å²) >= 11 is 6.98. The number of carbonyl (C=O) groups excluding carboxylic acids is 1. The first-order valence-corrected chi connectivity index (χ1v) is 9.93. The van der Waals surface area contributed by atoms with Gasteiger partial charge in [0.25, 0.3) is 0 Å². The van der Waals surface area contributed by atoms with Crippen LogP contribution in [0.1, 0.15) is 43.5 Å². The standard InChI is InChI=1S/C20H21Br2NO/c1-12(2)19-18(24)11-17(13-3-7-15(21)8-4-13)23-20(19)14-5-9-16(22)10-6-14/h3-10,12,17,19-20,23H,11H2,1-2H3/p+1. The van der Waals surface area contributed by atoms with Crippen LogP contribution in [0.2, 0.25) is 0 Å². The van der Waals surface area contributed by atoms with Crippen molar-refractivity contribution in [3.63, 3.8) is 0 Å². The van der Waals surface area contributed by atoms with Gasteiger partial charge in [0, 0.05) is 20.1 Å². The van der Waals surface area contributed by atoms with Crippen LogP contribution >= 0.6 is 31.9 Å². The predicted octanol–water partition coefficient (Wildman–Crippen LogP) is 4.80. The summed E-state index contributed by atoms with van der Waals surface area (Å²) in [6.45, 7) is 4.31. The Morgan fingerprint density at radius 3 is 1.92 bits per heavy atom. The largest absolute Gasteiger partial charge is 0.333 e. The number of rotatable bonds is 3. The fourth-order valence-corrected chi connectivity index (χ4v) is 4.25. The third kappa shape index (κ3) is 3.81. The van der Waals surface area contributed by atoms with Crippen LogP contribution in [0.4, 0.5) is 0 Å². The molecule has 0 amide bonds. The molecule has 0 spiro atoms. The minimum absolute atomic E-state index is 0.0675. The molecular formula is C20H22Br2NO+. The van der Waals surface area contributed by atoms with Gasteiger partial charge in [-0.05, 0) is 30.2 Å². The molecule has 0 aliphatic carbocycles. The van der Waals surface area contributed by atoms with Gasteiger partial charge in [0.15, 0.2) is 0 Å². The lowest BCUT2D eigenvalue weighted by molar-refractivity contribution is -0.744. The number of halogens is 2. The molecule has 0 saturated carbocycles. The summed E-state index contributed by atoms with van der Waals surface area (Å²) < 4.78 is 2.14. The van der Waals surface area contributed by atoms with E-state index in [1.165, 1.54) is 11.1 Å². The van der Waals surface area contributed by atoms with E-state index in [9.17, 15) is 4.79 Å². The van der Waals surface area contributed by atoms with Crippen LogP contribution in [0.15, 0.2) is 57.5 Å². The fourth-order valence-electron chi connectivity index (χ4n) is 3.72. The number of ketones is 1. The molecule has 3 rings (SSSR count). The Morgan fingerprint density at radius 1 is 0.917 bits per heavy atom. The van der Waals surface area contributed by atoms with E-state index >= 15 is 0 Å². The minimum Gasteiger partial charge on any atom is -0.333 e. The topological polar surface area (TPSA) is 33.7 Å². The molecule has 1 aliphatic heterocycles. The van der Waals surface area contributed by atoms with Crippen LogP contribution in [0.5, 0.6) is 0 Å². The monoisotopic (exact) mass is 450 g/mol. The Balaban J connectivity index is 1.93. The lowest BCUT2D eigenvalue weighted by Crippen LogP contribution is -2.90. The molecule has 1 saturated heterocycles. The van der Waals surface area contributed by atoms with Gasteiger partial charge in [0.2, 0.25) is 0 Å². The predicted molar refractivity (Wildman–Crippen MR) is 104 cm³/mol. The van der Waals surface area contributed by atoms with Crippen molar-refractivity contribution in [2.75, 3.05) is 0 Å². The van der Waals surface area contributed by atoms with Crippen LogP contribution in [0.3, 0.4) is 0 Å². The first-order valence-electron chi connectivity index (χ1n) is 8.34. The van der Waals surface area contributed by atoms with Crippen LogP contribution in [0, 0.1) is 11.8 Å². The number of benzene rings is 2. The molecule has 4 heteroatoms. The number of hydrogen-bond donors (Lipinski definition) is 1. The molecule has 0 bridgehead atoms. The van der Waals surface area contributed by atoms with E-state index in [0.29, 0.717) is 18.1 Å². The van der Waals surface area contributed by atoms with E-state index in [-0.39, 0.29) is 18.0 Å². The molecule has 126 valence electrons. The molecule has 2 N–H and O–H groups in total. The second-order valence-electron chi connectivity index (χ2n) is 6.87. The number of hydrogen-bond acceptors (Lipinski definition) is 1. The van der Waals surface area contributed by atoms with Crippen molar-refractivity contribution in [3.8, 4) is 0 Å². The van der Waals surface area contributed by atoms with Gasteiger partial charge in [0.1, 0.15) is 17.9 Å². The van der Waals surface area contributed by atoms with Crippen LogP contribution in [-0.2, 0) is 4.79 Å². The minimum atomic E-state index is 0.0675. The van der Waals surface area contributed by atoms with Crippen molar-refractivity contribution in [2.24, 2.45) is 11.8 Å². The second-order valence-corrected chi connectivity index (χ2v) is 8.70. The molecule has 0 radical (unpaired) electrons. The summed E-state index contributed by atoms with van der Waals surface area (Å²) in [5.74, 6) is 0.791. The van der Waals surface area contributed by atoms with Gasteiger partial charge in [-0.15, -0.1) is 0 Å². The van der Waals surface area contributed by atoms with Crippen molar-refractivity contribution in [3.05, 3.63) is 68.6 Å². The number of nitrogens with two attached hydrogens (primary N) is 1. The van der Waals surface area contributed by atoms with Gasteiger partial charge < -0.3 is 5.32 Å². The number of piperidine rings is 1. The summed E-state index contributed by atoms with van der Waals surface area (Å²) in [5, 5.41) is 2.39. The average Bonchev–Trinajstić information content (AvgIpc) is 2.55. The molecule has 3 atom stereocenters. The number of Topliss-reactive ketones (excluding diaryl/α,β-unsaturated/α-hetero) is 1. The Labute approximate surface area is 160 Å². The van der Waals surface area contributed by atoms with Crippen molar-refractivity contribution in [1.82, 2.24) is 0 Å². The van der Waals surface area contributed by atoms with Crippen molar-refractivity contribution < 1.29 is 10.1 Å². The zero-order chi connectivity index (χ0) is 17.3. The van der Waals surface area contributed by atoms with Gasteiger partial charge in [-0.1, -0.05) is 70.0 Å². The molecule has 2 aromatic rings. The highest BCUT2D eigenvalue weighted by Gasteiger charge is 2.42. The second kappa shape index (κ2) is 7.51. The first kappa shape index (κ1) is 17.8. The smallest absolute Gasteiger partial charge is 0.148 e. The molecule has 1 heterocycles. The lowest BCUT2D eigenvalue weighted by atomic mass is 9.75. The van der Waals surface area contributed by atoms with Crippen LogP contribution in [0.25, 0.3) is 0 Å². The third-order valence-corrected chi connectivity index (χ3v) is 5.95. The SMILES string of the molecule is CC(C)C1C(=O)CC(c2ccc(Br)cc2)[NH2+]C1c1ccc(Br)cc1. The summed E-state index contributed by atoms with van der Waals surface area (Å²) in [4.78, 5) is 12.9. The zero-order valence-corrected chi connectivity index (χ0v) is 17.0. The van der Waals surface area contributed by atoms with E-state index in [4.69, 9.17) is 0 Å². The highest BCUT2D eigenvalue weighted by Crippen LogP contribution is 2.34. The summed E-state index contributed by atoms with van der Waals surface area (Å²) in [6.07, 6.45) is 0.609. The van der Waals surface area contributed by atoms with E-state index in [1.807, 2.05) is 0 Å². The molecule has 2 nitrogen and oxygen atoms in total. The van der Waals surface area contributed by atoms with Crippen LogP contribution in [-0.4, -0.2) is 5.78 Å². The Bertz CT molecular complexity index is 709. The first-order chi connectivity index (χ1) is 11.5. The third-order valence-electron chi connectivity index (χ3n) is 4.89. The normalized spacial score (nSPS) is 24.4. The molecule has 0 aromatic heterocycles. The Kier molecular flexibility index (Phi) is 5.58. The van der Waals surface area contributed by atoms with E-state index in [1.54, 1.807) is 0 Å². The molecular weight excluding hydrogens is 430 g/mol. The maximum atomic E-state index is 12.9. The highest BCUT2D eigenvalue weighted by molar-refractivity contribution is 9.10. The van der Waals surface area contributed by atoms with Gasteiger partial charge in [-0.25, -0.2) is 0 Å². The van der Waals surface area contributed by atoms with E-state index in [2.05, 4.69) is 99.6 Å². The number of quaternary nitrogens is 1. The van der Waals surface area contributed by atoms with Crippen molar-refractivity contribution >= 4 is 37.6 Å². The van der Waals surface area contributed by atoms with Gasteiger partial charge >= 0.3 is 0 Å². The average molecular weight is 452 g/mol. The van der Waals surface area contributed by atoms with E-state index in [0.717, 1.165) is 8.95 Å².